The number of nitrogens with two attached hydrogens (primary N) is 1. The summed E-state index contributed by atoms with van der Waals surface area (Å²) in [7, 11) is 2.78. The third kappa shape index (κ3) is 4.42. The molecule has 0 aliphatic carbocycles. The maximum Gasteiger partial charge on any atom is 0.350 e. The van der Waals surface area contributed by atoms with E-state index in [1.807, 2.05) is 4.90 Å². The Morgan fingerprint density at radius 2 is 2.13 bits per heavy atom. The zero-order valence-electron chi connectivity index (χ0n) is 16.7. The van der Waals surface area contributed by atoms with E-state index >= 15 is 0 Å². The van der Waals surface area contributed by atoms with E-state index in [0.29, 0.717) is 35.4 Å². The van der Waals surface area contributed by atoms with Crippen LogP contribution >= 0.6 is 22.9 Å². The van der Waals surface area contributed by atoms with Crippen molar-refractivity contribution in [3.63, 3.8) is 0 Å². The Labute approximate surface area is 181 Å². The molecule has 12 heteroatoms. The van der Waals surface area contributed by atoms with Gasteiger partial charge in [-0.25, -0.2) is 9.78 Å². The summed E-state index contributed by atoms with van der Waals surface area (Å²) in [6.07, 6.45) is 0.230. The summed E-state index contributed by atoms with van der Waals surface area (Å²) in [4.78, 5) is 45.2. The molecule has 4 N–H and O–H groups in total. The molecule has 2 aromatic heterocycles. The number of aromatic amines is 1. The summed E-state index contributed by atoms with van der Waals surface area (Å²) in [5.41, 5.74) is 6.32. The van der Waals surface area contributed by atoms with Gasteiger partial charge < -0.3 is 30.4 Å². The number of thiazole rings is 1. The number of amides is 2. The fraction of sp³-hybridized carbons (Fsp3) is 0.444. The number of primary amides is 1. The Hall–Kier alpha value is -2.63. The number of methoxy groups -OCH3 is 2. The standard InChI is InChI=1S/C18H22ClN5O5S/c1-8-9(19)6-11(21-8)16(26)22-10-4-5-24(7-12(10)28-2)18-23-13(15(20)25)14(30-18)17(27)29-3/h6,10,12,21H,4-5,7H2,1-3H3,(H2,20,25)(H,22,26)/t10-,12+/m1/s1. The molecule has 1 aliphatic heterocycles. The predicted octanol–water partition coefficient (Wildman–Crippen LogP) is 1.34. The van der Waals surface area contributed by atoms with Crippen LogP contribution in [0, 0.1) is 6.92 Å². The molecule has 2 atom stereocenters. The molecular formula is C18H22ClN5O5S. The molecule has 30 heavy (non-hydrogen) atoms. The van der Waals surface area contributed by atoms with Crippen molar-refractivity contribution >= 4 is 45.9 Å². The molecule has 162 valence electrons. The summed E-state index contributed by atoms with van der Waals surface area (Å²) >= 11 is 7.05. The van der Waals surface area contributed by atoms with Crippen LogP contribution in [0.3, 0.4) is 0 Å². The second-order valence-corrected chi connectivity index (χ2v) is 8.16. The lowest BCUT2D eigenvalue weighted by atomic mass is 10.0. The molecule has 1 fully saturated rings. The lowest BCUT2D eigenvalue weighted by Crippen LogP contribution is -2.55. The van der Waals surface area contributed by atoms with Gasteiger partial charge >= 0.3 is 5.97 Å². The van der Waals surface area contributed by atoms with Crippen LogP contribution in [0.1, 0.15) is 42.8 Å². The molecule has 3 rings (SSSR count). The Morgan fingerprint density at radius 3 is 2.70 bits per heavy atom. The quantitative estimate of drug-likeness (QED) is 0.558. The fourth-order valence-corrected chi connectivity index (χ4v) is 4.42. The van der Waals surface area contributed by atoms with E-state index in [-0.39, 0.29) is 28.6 Å². The van der Waals surface area contributed by atoms with Gasteiger partial charge in [-0.1, -0.05) is 22.9 Å². The first-order valence-electron chi connectivity index (χ1n) is 9.07. The van der Waals surface area contributed by atoms with Crippen LogP contribution in [-0.2, 0) is 9.47 Å². The number of hydrogen-bond donors (Lipinski definition) is 3. The van der Waals surface area contributed by atoms with E-state index in [1.165, 1.54) is 7.11 Å². The molecule has 0 unspecified atom stereocenters. The van der Waals surface area contributed by atoms with Crippen molar-refractivity contribution in [1.82, 2.24) is 15.3 Å². The van der Waals surface area contributed by atoms with Gasteiger partial charge in [0.25, 0.3) is 11.8 Å². The van der Waals surface area contributed by atoms with Crippen LogP contribution in [-0.4, -0.2) is 67.2 Å². The smallest absolute Gasteiger partial charge is 0.350 e. The first kappa shape index (κ1) is 22.1. The first-order chi connectivity index (χ1) is 14.2. The molecule has 0 bridgehead atoms. The average molecular weight is 456 g/mol. The summed E-state index contributed by atoms with van der Waals surface area (Å²) in [6.45, 7) is 2.71. The average Bonchev–Trinajstić information content (AvgIpc) is 3.32. The van der Waals surface area contributed by atoms with Gasteiger partial charge in [-0.2, -0.15) is 0 Å². The van der Waals surface area contributed by atoms with Crippen molar-refractivity contribution in [3.05, 3.63) is 33.0 Å². The van der Waals surface area contributed by atoms with E-state index in [9.17, 15) is 14.4 Å². The van der Waals surface area contributed by atoms with Gasteiger partial charge in [0.2, 0.25) is 0 Å². The molecule has 10 nitrogen and oxygen atoms in total. The second kappa shape index (κ2) is 9.02. The van der Waals surface area contributed by atoms with Gasteiger partial charge in [-0.15, -0.1) is 0 Å². The molecular weight excluding hydrogens is 434 g/mol. The number of aromatic nitrogens is 2. The summed E-state index contributed by atoms with van der Waals surface area (Å²) in [5.74, 6) is -1.75. The second-order valence-electron chi connectivity index (χ2n) is 6.77. The van der Waals surface area contributed by atoms with Crippen molar-refractivity contribution < 1.29 is 23.9 Å². The molecule has 0 aromatic carbocycles. The van der Waals surface area contributed by atoms with E-state index in [0.717, 1.165) is 17.0 Å². The minimum atomic E-state index is -0.803. The van der Waals surface area contributed by atoms with Crippen LogP contribution in [0.4, 0.5) is 5.13 Å². The van der Waals surface area contributed by atoms with Crippen molar-refractivity contribution in [2.24, 2.45) is 5.73 Å². The first-order valence-corrected chi connectivity index (χ1v) is 10.3. The molecule has 0 saturated carbocycles. The highest BCUT2D eigenvalue weighted by Gasteiger charge is 2.34. The van der Waals surface area contributed by atoms with E-state index in [1.54, 1.807) is 20.1 Å². The van der Waals surface area contributed by atoms with Crippen molar-refractivity contribution in [2.45, 2.75) is 25.5 Å². The number of esters is 1. The van der Waals surface area contributed by atoms with E-state index in [2.05, 4.69) is 15.3 Å². The van der Waals surface area contributed by atoms with Gasteiger partial charge in [0.05, 0.1) is 24.3 Å². The normalized spacial score (nSPS) is 18.9. The third-order valence-electron chi connectivity index (χ3n) is 4.87. The Bertz CT molecular complexity index is 955. The van der Waals surface area contributed by atoms with Gasteiger partial charge in [0.1, 0.15) is 10.6 Å². The van der Waals surface area contributed by atoms with Crippen LogP contribution < -0.4 is 16.0 Å². The van der Waals surface area contributed by atoms with Crippen molar-refractivity contribution in [2.75, 3.05) is 32.2 Å². The van der Waals surface area contributed by atoms with Crippen LogP contribution in [0.15, 0.2) is 6.07 Å². The fourth-order valence-electron chi connectivity index (χ4n) is 3.24. The molecule has 2 aromatic rings. The van der Waals surface area contributed by atoms with Gasteiger partial charge in [-0.3, -0.25) is 9.59 Å². The number of hydrogen-bond acceptors (Lipinski definition) is 8. The maximum absolute atomic E-state index is 12.5. The Balaban J connectivity index is 1.73. The zero-order valence-corrected chi connectivity index (χ0v) is 18.2. The number of carbonyl (C=O) groups is 3. The number of nitrogens with zero attached hydrogens (tertiary/aromatic N) is 2. The van der Waals surface area contributed by atoms with Gasteiger partial charge in [0, 0.05) is 25.9 Å². The lowest BCUT2D eigenvalue weighted by Gasteiger charge is -2.37. The maximum atomic E-state index is 12.5. The molecule has 0 radical (unpaired) electrons. The summed E-state index contributed by atoms with van der Waals surface area (Å²) in [5, 5.41) is 3.92. The molecule has 0 spiro atoms. The third-order valence-corrected chi connectivity index (χ3v) is 6.35. The van der Waals surface area contributed by atoms with E-state index in [4.69, 9.17) is 26.8 Å². The lowest BCUT2D eigenvalue weighted by molar-refractivity contribution is 0.0540. The highest BCUT2D eigenvalue weighted by molar-refractivity contribution is 7.17. The predicted molar refractivity (Wildman–Crippen MR) is 111 cm³/mol. The van der Waals surface area contributed by atoms with Crippen LogP contribution in [0.5, 0.6) is 0 Å². The Kier molecular flexibility index (Phi) is 6.64. The molecule has 3 heterocycles. The monoisotopic (exact) mass is 455 g/mol. The topological polar surface area (TPSA) is 140 Å². The number of piperidine rings is 1. The number of H-pyrrole nitrogens is 1. The molecule has 1 aliphatic rings. The summed E-state index contributed by atoms with van der Waals surface area (Å²) < 4.78 is 10.3. The number of ether oxygens (including phenoxy) is 2. The number of aryl methyl sites for hydroxylation is 1. The van der Waals surface area contributed by atoms with Crippen LogP contribution in [0.2, 0.25) is 5.02 Å². The van der Waals surface area contributed by atoms with Gasteiger partial charge in [-0.05, 0) is 19.4 Å². The highest BCUT2D eigenvalue weighted by atomic mass is 35.5. The Morgan fingerprint density at radius 1 is 1.40 bits per heavy atom. The highest BCUT2D eigenvalue weighted by Crippen LogP contribution is 2.30. The number of nitrogens with one attached hydrogen (secondary N) is 2. The number of halogens is 1. The summed E-state index contributed by atoms with van der Waals surface area (Å²) in [6, 6.07) is 1.34. The van der Waals surface area contributed by atoms with Gasteiger partial charge in [0.15, 0.2) is 10.8 Å². The zero-order chi connectivity index (χ0) is 22.0. The SMILES string of the molecule is COC(=O)c1sc(N2CC[C@@H](NC(=O)c3cc(Cl)c(C)[nH]3)[C@@H](OC)C2)nc1C(N)=O. The minimum Gasteiger partial charge on any atom is -0.465 e. The molecule has 1 saturated heterocycles. The van der Waals surface area contributed by atoms with Crippen molar-refractivity contribution in [1.29, 1.82) is 0 Å². The molecule has 2 amide bonds. The number of anilines is 1. The number of carbonyl (C=O) groups excluding carboxylic acids is 3. The largest absolute Gasteiger partial charge is 0.465 e. The van der Waals surface area contributed by atoms with Crippen molar-refractivity contribution in [3.8, 4) is 0 Å². The minimum absolute atomic E-state index is 0.0587. The van der Waals surface area contributed by atoms with E-state index < -0.39 is 11.9 Å². The number of rotatable bonds is 6. The van der Waals surface area contributed by atoms with Crippen LogP contribution in [0.25, 0.3) is 0 Å².